The van der Waals surface area contributed by atoms with Crippen molar-refractivity contribution in [3.63, 3.8) is 0 Å². The van der Waals surface area contributed by atoms with Gasteiger partial charge in [0.25, 0.3) is 0 Å². The van der Waals surface area contributed by atoms with E-state index in [2.05, 4.69) is 27.4 Å². The summed E-state index contributed by atoms with van der Waals surface area (Å²) in [6.45, 7) is 8.03. The summed E-state index contributed by atoms with van der Waals surface area (Å²) < 4.78 is 12.0. The van der Waals surface area contributed by atoms with Gasteiger partial charge in [-0.15, -0.1) is 16.8 Å². The molecule has 3 rings (SSSR count). The highest BCUT2D eigenvalue weighted by atomic mass is 32.2. The number of aromatic nitrogens is 3. The molecule has 0 saturated heterocycles. The Bertz CT molecular complexity index is 1280. The van der Waals surface area contributed by atoms with Crippen LogP contribution in [0.3, 0.4) is 0 Å². The van der Waals surface area contributed by atoms with Crippen molar-refractivity contribution in [1.29, 1.82) is 0 Å². The van der Waals surface area contributed by atoms with Gasteiger partial charge < -0.3 is 24.7 Å². The Kier molecular flexibility index (Phi) is 10.5. The Balaban J connectivity index is 1.60. The first-order valence-electron chi connectivity index (χ1n) is 12.0. The third-order valence-electron chi connectivity index (χ3n) is 5.34. The van der Waals surface area contributed by atoms with Crippen molar-refractivity contribution in [3.05, 3.63) is 78.1 Å². The molecule has 1 aromatic heterocycles. The Hall–Kier alpha value is -4.12. The molecule has 11 heteroatoms. The van der Waals surface area contributed by atoms with Crippen LogP contribution in [0.2, 0.25) is 0 Å². The van der Waals surface area contributed by atoms with Crippen LogP contribution in [0.4, 0.5) is 5.69 Å². The van der Waals surface area contributed by atoms with Crippen molar-refractivity contribution >= 4 is 35.2 Å². The summed E-state index contributed by atoms with van der Waals surface area (Å²) in [5.74, 6) is 0.466. The van der Waals surface area contributed by atoms with Crippen LogP contribution in [0.1, 0.15) is 41.6 Å². The van der Waals surface area contributed by atoms with Crippen molar-refractivity contribution < 1.29 is 23.9 Å². The predicted molar refractivity (Wildman–Crippen MR) is 145 cm³/mol. The van der Waals surface area contributed by atoms with Crippen LogP contribution in [0.15, 0.2) is 66.3 Å². The molecule has 10 nitrogen and oxygen atoms in total. The fourth-order valence-electron chi connectivity index (χ4n) is 3.58. The Morgan fingerprint density at radius 2 is 1.89 bits per heavy atom. The number of carbonyl (C=O) groups excluding carboxylic acids is 3. The molecule has 0 aliphatic rings. The molecular weight excluding hydrogens is 506 g/mol. The number of anilines is 1. The molecule has 0 saturated carbocycles. The number of hydrogen-bond acceptors (Lipinski definition) is 8. The number of nitrogens with one attached hydrogen (secondary N) is 2. The van der Waals surface area contributed by atoms with Gasteiger partial charge in [0.15, 0.2) is 11.0 Å². The van der Waals surface area contributed by atoms with E-state index in [-0.39, 0.29) is 30.6 Å². The third kappa shape index (κ3) is 7.94. The van der Waals surface area contributed by atoms with Gasteiger partial charge in [0.05, 0.1) is 37.5 Å². The van der Waals surface area contributed by atoms with Crippen LogP contribution in [0.5, 0.6) is 5.75 Å². The average Bonchev–Trinajstić information content (AvgIpc) is 3.31. The van der Waals surface area contributed by atoms with Gasteiger partial charge in [-0.2, -0.15) is 0 Å². The van der Waals surface area contributed by atoms with E-state index in [1.165, 1.54) is 11.8 Å². The number of hydrogen-bond donors (Lipinski definition) is 2. The second-order valence-electron chi connectivity index (χ2n) is 8.19. The molecule has 0 unspecified atom stereocenters. The number of amides is 2. The summed E-state index contributed by atoms with van der Waals surface area (Å²) in [6.07, 6.45) is 1.91. The zero-order valence-corrected chi connectivity index (χ0v) is 22.4. The lowest BCUT2D eigenvalue weighted by atomic mass is 10.1. The van der Waals surface area contributed by atoms with Crippen LogP contribution in [0.25, 0.3) is 0 Å². The monoisotopic (exact) mass is 537 g/mol. The maximum Gasteiger partial charge on any atom is 0.338 e. The van der Waals surface area contributed by atoms with Gasteiger partial charge in [-0.3, -0.25) is 9.59 Å². The first kappa shape index (κ1) is 28.5. The predicted octanol–water partition coefficient (Wildman–Crippen LogP) is 3.80. The molecule has 1 atom stereocenters. The van der Waals surface area contributed by atoms with E-state index in [1.807, 2.05) is 35.8 Å². The lowest BCUT2D eigenvalue weighted by Crippen LogP contribution is -2.30. The fraction of sp³-hybridized carbons (Fsp3) is 0.296. The molecule has 0 spiro atoms. The van der Waals surface area contributed by atoms with Crippen LogP contribution in [0, 0.1) is 0 Å². The van der Waals surface area contributed by atoms with E-state index in [1.54, 1.807) is 44.4 Å². The van der Waals surface area contributed by atoms with Gasteiger partial charge in [-0.25, -0.2) is 4.79 Å². The van der Waals surface area contributed by atoms with Gasteiger partial charge in [0, 0.05) is 12.2 Å². The van der Waals surface area contributed by atoms with Gasteiger partial charge >= 0.3 is 5.97 Å². The number of thioether (sulfide) groups is 1. The number of esters is 1. The van der Waals surface area contributed by atoms with Crippen LogP contribution >= 0.6 is 11.8 Å². The van der Waals surface area contributed by atoms with Gasteiger partial charge in [0.2, 0.25) is 11.8 Å². The van der Waals surface area contributed by atoms with Gasteiger partial charge in [-0.05, 0) is 49.7 Å². The second-order valence-corrected chi connectivity index (χ2v) is 9.13. The largest absolute Gasteiger partial charge is 0.497 e. The molecule has 0 radical (unpaired) electrons. The normalized spacial score (nSPS) is 11.3. The lowest BCUT2D eigenvalue weighted by Gasteiger charge is -2.15. The van der Waals surface area contributed by atoms with E-state index < -0.39 is 12.0 Å². The number of rotatable bonds is 13. The van der Waals surface area contributed by atoms with Crippen LogP contribution in [-0.4, -0.2) is 52.0 Å². The highest BCUT2D eigenvalue weighted by Gasteiger charge is 2.20. The third-order valence-corrected chi connectivity index (χ3v) is 6.30. The topological polar surface area (TPSA) is 124 Å². The number of allylic oxidation sites excluding steroid dienone is 1. The number of ether oxygens (including phenoxy) is 2. The molecule has 2 aromatic carbocycles. The van der Waals surface area contributed by atoms with E-state index in [4.69, 9.17) is 9.47 Å². The van der Waals surface area contributed by atoms with Crippen molar-refractivity contribution in [2.75, 3.05) is 24.8 Å². The molecule has 200 valence electrons. The molecule has 0 bridgehead atoms. The Labute approximate surface area is 225 Å². The SMILES string of the molecule is C=CCn1c(SCC(=O)Nc2cccc(C(=O)OCC)c2)nnc1[C@H](C)NC(=O)Cc1ccc(OC)cc1. The average molecular weight is 538 g/mol. The fourth-order valence-corrected chi connectivity index (χ4v) is 4.33. The Morgan fingerprint density at radius 1 is 1.13 bits per heavy atom. The minimum Gasteiger partial charge on any atom is -0.497 e. The molecule has 3 aromatic rings. The lowest BCUT2D eigenvalue weighted by molar-refractivity contribution is -0.121. The smallest absolute Gasteiger partial charge is 0.338 e. The van der Waals surface area contributed by atoms with E-state index in [0.717, 1.165) is 11.3 Å². The summed E-state index contributed by atoms with van der Waals surface area (Å²) in [4.78, 5) is 37.1. The van der Waals surface area contributed by atoms with Crippen molar-refractivity contribution in [2.45, 2.75) is 38.0 Å². The number of benzene rings is 2. The van der Waals surface area contributed by atoms with Crippen molar-refractivity contribution in [2.24, 2.45) is 0 Å². The highest BCUT2D eigenvalue weighted by Crippen LogP contribution is 2.22. The summed E-state index contributed by atoms with van der Waals surface area (Å²) in [5.41, 5.74) is 1.70. The number of nitrogens with zero attached hydrogens (tertiary/aromatic N) is 3. The summed E-state index contributed by atoms with van der Waals surface area (Å²) in [6, 6.07) is 13.4. The number of methoxy groups -OCH3 is 1. The van der Waals surface area contributed by atoms with E-state index in [0.29, 0.717) is 28.8 Å². The summed E-state index contributed by atoms with van der Waals surface area (Å²) in [7, 11) is 1.59. The van der Waals surface area contributed by atoms with Crippen molar-refractivity contribution in [1.82, 2.24) is 20.1 Å². The Morgan fingerprint density at radius 3 is 2.58 bits per heavy atom. The number of carbonyl (C=O) groups is 3. The summed E-state index contributed by atoms with van der Waals surface area (Å²) in [5, 5.41) is 14.7. The van der Waals surface area contributed by atoms with E-state index in [9.17, 15) is 14.4 Å². The minimum atomic E-state index is -0.451. The molecule has 2 N–H and O–H groups in total. The van der Waals surface area contributed by atoms with Gasteiger partial charge in [-0.1, -0.05) is 36.0 Å². The maximum absolute atomic E-state index is 12.6. The molecule has 38 heavy (non-hydrogen) atoms. The van der Waals surface area contributed by atoms with E-state index >= 15 is 0 Å². The molecule has 0 aliphatic heterocycles. The molecule has 2 amide bonds. The van der Waals surface area contributed by atoms with Gasteiger partial charge in [0.1, 0.15) is 5.75 Å². The van der Waals surface area contributed by atoms with Crippen LogP contribution in [-0.2, 0) is 27.3 Å². The first-order valence-corrected chi connectivity index (χ1v) is 13.0. The second kappa shape index (κ2) is 14.0. The quantitative estimate of drug-likeness (QED) is 0.192. The summed E-state index contributed by atoms with van der Waals surface area (Å²) >= 11 is 1.21. The zero-order chi connectivity index (χ0) is 27.5. The highest BCUT2D eigenvalue weighted by molar-refractivity contribution is 7.99. The van der Waals surface area contributed by atoms with Crippen molar-refractivity contribution in [3.8, 4) is 5.75 Å². The maximum atomic E-state index is 12.6. The standard InChI is InChI=1S/C27H31N5O5S/c1-5-14-32-25(18(3)28-23(33)15-19-10-12-22(36-4)13-11-19)30-31-27(32)38-17-24(34)29-21-9-7-8-20(16-21)26(35)37-6-2/h5,7-13,16,18H,1,6,14-15,17H2,2-4H3,(H,28,33)(H,29,34)/t18-/m0/s1. The van der Waals surface area contributed by atoms with Crippen LogP contribution < -0.4 is 15.4 Å². The molecular formula is C27H31N5O5S. The molecule has 1 heterocycles. The molecule has 0 aliphatic carbocycles. The molecule has 0 fully saturated rings. The minimum absolute atomic E-state index is 0.0666. The zero-order valence-electron chi connectivity index (χ0n) is 21.6. The first-order chi connectivity index (χ1) is 18.3.